The molecule has 1 heterocycles. The number of nitrogens with zero attached hydrogens (tertiary/aromatic N) is 1. The maximum atomic E-state index is 12.7. The molecular weight excluding hydrogens is 228 g/mol. The molecule has 4 nitrogen and oxygen atoms in total. The molecule has 1 atom stereocenters. The third-order valence-corrected chi connectivity index (χ3v) is 4.02. The van der Waals surface area contributed by atoms with Crippen LogP contribution in [0.25, 0.3) is 0 Å². The maximum Gasteiger partial charge on any atom is 0.242 e. The third kappa shape index (κ3) is 3.45. The summed E-state index contributed by atoms with van der Waals surface area (Å²) < 4.78 is 5.14. The van der Waals surface area contributed by atoms with Crippen LogP contribution < -0.4 is 5.32 Å². The van der Waals surface area contributed by atoms with Crippen LogP contribution in [0.3, 0.4) is 0 Å². The Balaban J connectivity index is 2.77. The summed E-state index contributed by atoms with van der Waals surface area (Å²) in [7, 11) is 1.69. The molecule has 1 saturated heterocycles. The molecule has 0 spiro atoms. The van der Waals surface area contributed by atoms with Crippen molar-refractivity contribution in [3.8, 4) is 0 Å². The molecule has 4 heteroatoms. The zero-order chi connectivity index (χ0) is 13.6. The lowest BCUT2D eigenvalue weighted by atomic mass is 9.96. The maximum absolute atomic E-state index is 12.7. The van der Waals surface area contributed by atoms with Crippen LogP contribution in [0.4, 0.5) is 0 Å². The summed E-state index contributed by atoms with van der Waals surface area (Å²) in [6.07, 6.45) is 4.03. The number of carbonyl (C=O) groups excluding carboxylic acids is 1. The Kier molecular flexibility index (Phi) is 6.09. The van der Waals surface area contributed by atoms with Crippen LogP contribution >= 0.6 is 0 Å². The van der Waals surface area contributed by atoms with Gasteiger partial charge in [0.2, 0.25) is 5.91 Å². The van der Waals surface area contributed by atoms with E-state index >= 15 is 0 Å². The molecule has 0 aromatic heterocycles. The van der Waals surface area contributed by atoms with Crippen molar-refractivity contribution < 1.29 is 9.53 Å². The highest BCUT2D eigenvalue weighted by molar-refractivity contribution is 5.86. The van der Waals surface area contributed by atoms with Crippen LogP contribution in [0.1, 0.15) is 46.5 Å². The number of ether oxygens (including phenoxy) is 1. The van der Waals surface area contributed by atoms with Crippen LogP contribution in [-0.2, 0) is 9.53 Å². The predicted molar refractivity (Wildman–Crippen MR) is 73.6 cm³/mol. The predicted octanol–water partition coefficient (Wildman–Crippen LogP) is 1.79. The fraction of sp³-hybridized carbons (Fsp3) is 0.929. The van der Waals surface area contributed by atoms with Gasteiger partial charge in [-0.1, -0.05) is 13.8 Å². The zero-order valence-corrected chi connectivity index (χ0v) is 12.3. The quantitative estimate of drug-likeness (QED) is 0.755. The minimum Gasteiger partial charge on any atom is -0.383 e. The molecule has 106 valence electrons. The first-order valence-electron chi connectivity index (χ1n) is 7.14. The topological polar surface area (TPSA) is 41.6 Å². The van der Waals surface area contributed by atoms with Crippen LogP contribution in [-0.4, -0.2) is 49.2 Å². The normalized spacial score (nSPS) is 23.6. The van der Waals surface area contributed by atoms with Gasteiger partial charge in [-0.15, -0.1) is 0 Å². The first-order valence-corrected chi connectivity index (χ1v) is 7.14. The monoisotopic (exact) mass is 256 g/mol. The molecule has 0 bridgehead atoms. The van der Waals surface area contributed by atoms with Gasteiger partial charge < -0.3 is 15.0 Å². The number of rotatable bonds is 7. The van der Waals surface area contributed by atoms with E-state index < -0.39 is 0 Å². The molecule has 0 aromatic rings. The summed E-state index contributed by atoms with van der Waals surface area (Å²) in [4.78, 5) is 14.8. The Morgan fingerprint density at radius 2 is 2.11 bits per heavy atom. The van der Waals surface area contributed by atoms with Crippen LogP contribution in [0.2, 0.25) is 0 Å². The number of methoxy groups -OCH3 is 1. The Labute approximate surface area is 111 Å². The van der Waals surface area contributed by atoms with E-state index in [1.54, 1.807) is 7.11 Å². The van der Waals surface area contributed by atoms with Gasteiger partial charge in [0.05, 0.1) is 12.1 Å². The number of hydrogen-bond donors (Lipinski definition) is 1. The van der Waals surface area contributed by atoms with Crippen LogP contribution in [0.5, 0.6) is 0 Å². The third-order valence-electron chi connectivity index (χ3n) is 4.02. The van der Waals surface area contributed by atoms with Gasteiger partial charge in [-0.2, -0.15) is 0 Å². The SMILES string of the molecule is CCC(CC)N(CCOC)C(=O)C1(C)CCCN1. The second-order valence-electron chi connectivity index (χ2n) is 5.32. The van der Waals surface area contributed by atoms with E-state index in [1.165, 1.54) is 0 Å². The Morgan fingerprint density at radius 3 is 2.56 bits per heavy atom. The molecule has 1 aliphatic rings. The van der Waals surface area contributed by atoms with Gasteiger partial charge in [-0.25, -0.2) is 0 Å². The lowest BCUT2D eigenvalue weighted by Gasteiger charge is -2.36. The summed E-state index contributed by atoms with van der Waals surface area (Å²) in [6.45, 7) is 8.57. The van der Waals surface area contributed by atoms with Crippen molar-refractivity contribution in [1.82, 2.24) is 10.2 Å². The van der Waals surface area contributed by atoms with Gasteiger partial charge in [-0.05, 0) is 39.2 Å². The van der Waals surface area contributed by atoms with Crippen molar-refractivity contribution in [2.75, 3.05) is 26.8 Å². The molecule has 0 aromatic carbocycles. The first kappa shape index (κ1) is 15.4. The summed E-state index contributed by atoms with van der Waals surface area (Å²) in [6, 6.07) is 0.326. The van der Waals surface area contributed by atoms with Crippen molar-refractivity contribution in [1.29, 1.82) is 0 Å². The van der Waals surface area contributed by atoms with Crippen molar-refractivity contribution in [2.45, 2.75) is 58.0 Å². The van der Waals surface area contributed by atoms with E-state index in [1.807, 2.05) is 11.8 Å². The second-order valence-corrected chi connectivity index (χ2v) is 5.32. The minimum atomic E-state index is -0.365. The van der Waals surface area contributed by atoms with Crippen LogP contribution in [0, 0.1) is 0 Å². The molecular formula is C14H28N2O2. The molecule has 0 aliphatic carbocycles. The van der Waals surface area contributed by atoms with Gasteiger partial charge in [-0.3, -0.25) is 4.79 Å². The lowest BCUT2D eigenvalue weighted by Crippen LogP contribution is -2.56. The number of amides is 1. The van der Waals surface area contributed by atoms with E-state index in [0.29, 0.717) is 19.2 Å². The molecule has 1 N–H and O–H groups in total. The highest BCUT2D eigenvalue weighted by Crippen LogP contribution is 2.23. The van der Waals surface area contributed by atoms with Crippen LogP contribution in [0.15, 0.2) is 0 Å². The van der Waals surface area contributed by atoms with E-state index in [0.717, 1.165) is 32.2 Å². The Morgan fingerprint density at radius 1 is 1.44 bits per heavy atom. The number of carbonyl (C=O) groups is 1. The molecule has 1 unspecified atom stereocenters. The summed E-state index contributed by atoms with van der Waals surface area (Å²) in [5.74, 6) is 0.241. The van der Waals surface area contributed by atoms with E-state index in [4.69, 9.17) is 4.74 Å². The Hall–Kier alpha value is -0.610. The molecule has 18 heavy (non-hydrogen) atoms. The average molecular weight is 256 g/mol. The minimum absolute atomic E-state index is 0.241. The van der Waals surface area contributed by atoms with E-state index in [2.05, 4.69) is 19.2 Å². The largest absolute Gasteiger partial charge is 0.383 e. The standard InChI is InChI=1S/C14H28N2O2/c1-5-12(6-2)16(10-11-18-4)13(17)14(3)8-7-9-15-14/h12,15H,5-11H2,1-4H3. The van der Waals surface area contributed by atoms with E-state index in [9.17, 15) is 4.79 Å². The molecule has 1 rings (SSSR count). The van der Waals surface area contributed by atoms with Gasteiger partial charge in [0.25, 0.3) is 0 Å². The fourth-order valence-electron chi connectivity index (χ4n) is 2.76. The van der Waals surface area contributed by atoms with Gasteiger partial charge >= 0.3 is 0 Å². The van der Waals surface area contributed by atoms with Crippen molar-refractivity contribution in [3.05, 3.63) is 0 Å². The first-order chi connectivity index (χ1) is 8.59. The smallest absolute Gasteiger partial charge is 0.242 e. The summed E-state index contributed by atoms with van der Waals surface area (Å²) in [5.41, 5.74) is -0.365. The van der Waals surface area contributed by atoms with Gasteiger partial charge in [0.15, 0.2) is 0 Å². The summed E-state index contributed by atoms with van der Waals surface area (Å²) in [5, 5.41) is 3.36. The van der Waals surface area contributed by atoms with Crippen molar-refractivity contribution in [3.63, 3.8) is 0 Å². The number of nitrogens with one attached hydrogen (secondary N) is 1. The Bertz CT molecular complexity index is 259. The van der Waals surface area contributed by atoms with Crippen molar-refractivity contribution in [2.24, 2.45) is 0 Å². The zero-order valence-electron chi connectivity index (χ0n) is 12.3. The fourth-order valence-corrected chi connectivity index (χ4v) is 2.76. The molecule has 1 fully saturated rings. The van der Waals surface area contributed by atoms with E-state index in [-0.39, 0.29) is 11.4 Å². The lowest BCUT2D eigenvalue weighted by molar-refractivity contribution is -0.140. The molecule has 0 radical (unpaired) electrons. The van der Waals surface area contributed by atoms with Crippen molar-refractivity contribution >= 4 is 5.91 Å². The molecule has 1 aliphatic heterocycles. The highest BCUT2D eigenvalue weighted by atomic mass is 16.5. The highest BCUT2D eigenvalue weighted by Gasteiger charge is 2.40. The average Bonchev–Trinajstić information content (AvgIpc) is 2.82. The van der Waals surface area contributed by atoms with Gasteiger partial charge in [0.1, 0.15) is 0 Å². The number of hydrogen-bond acceptors (Lipinski definition) is 3. The molecule has 0 saturated carbocycles. The summed E-state index contributed by atoms with van der Waals surface area (Å²) >= 11 is 0. The van der Waals surface area contributed by atoms with Gasteiger partial charge in [0, 0.05) is 19.7 Å². The molecule has 1 amide bonds. The second kappa shape index (κ2) is 7.10.